The number of benzene rings is 1. The molecular weight excluding hydrogens is 204 g/mol. The summed E-state index contributed by atoms with van der Waals surface area (Å²) in [5.41, 5.74) is 0.682. The van der Waals surface area contributed by atoms with Crippen molar-refractivity contribution in [3.63, 3.8) is 0 Å². The van der Waals surface area contributed by atoms with Crippen molar-refractivity contribution in [1.82, 2.24) is 0 Å². The molecule has 0 radical (unpaired) electrons. The van der Waals surface area contributed by atoms with Crippen LogP contribution in [0.1, 0.15) is 15.9 Å². The Morgan fingerprint density at radius 1 is 1.50 bits per heavy atom. The lowest BCUT2D eigenvalue weighted by molar-refractivity contribution is 0.0595. The molecule has 4 nitrogen and oxygen atoms in total. The van der Waals surface area contributed by atoms with Crippen molar-refractivity contribution in [2.45, 2.75) is 11.8 Å². The Morgan fingerprint density at radius 2 is 2.14 bits per heavy atom. The highest BCUT2D eigenvalue weighted by Gasteiger charge is 2.14. The third-order valence-electron chi connectivity index (χ3n) is 1.80. The van der Waals surface area contributed by atoms with Gasteiger partial charge in [0.15, 0.2) is 0 Å². The molecule has 0 aromatic heterocycles. The molecule has 0 fully saturated rings. The second-order valence-corrected chi connectivity index (χ2v) is 3.58. The summed E-state index contributed by atoms with van der Waals surface area (Å²) in [6.45, 7) is 1.66. The number of ether oxygens (including phenoxy) is 1. The van der Waals surface area contributed by atoms with Crippen molar-refractivity contribution in [1.29, 1.82) is 0 Å². The lowest BCUT2D eigenvalue weighted by atomic mass is 10.1. The Balaban J connectivity index is 3.36. The zero-order valence-electron chi connectivity index (χ0n) is 7.77. The van der Waals surface area contributed by atoms with Gasteiger partial charge < -0.3 is 9.29 Å². The maximum atomic E-state index is 11.3. The predicted octanol–water partition coefficient (Wildman–Crippen LogP) is 1.02. The molecular formula is C9H9O4S-. The molecule has 0 saturated carbocycles. The van der Waals surface area contributed by atoms with Crippen molar-refractivity contribution in [2.24, 2.45) is 0 Å². The molecule has 0 bridgehead atoms. The lowest BCUT2D eigenvalue weighted by Crippen LogP contribution is -2.08. The fourth-order valence-corrected chi connectivity index (χ4v) is 1.74. The first kappa shape index (κ1) is 10.9. The standard InChI is InChI=1S/C9H10O4S/c1-6-4-3-5-7(14(11)12)8(6)9(10)13-2/h3-5H,1-2H3,(H,11,12)/p-1. The number of hydrogen-bond acceptors (Lipinski definition) is 4. The van der Waals surface area contributed by atoms with Gasteiger partial charge in [0.1, 0.15) is 0 Å². The van der Waals surface area contributed by atoms with Crippen molar-refractivity contribution in [3.05, 3.63) is 29.3 Å². The Labute approximate surface area is 84.2 Å². The average molecular weight is 213 g/mol. The number of rotatable bonds is 2. The van der Waals surface area contributed by atoms with E-state index in [-0.39, 0.29) is 10.5 Å². The monoisotopic (exact) mass is 213 g/mol. The number of methoxy groups -OCH3 is 1. The first-order chi connectivity index (χ1) is 6.57. The van der Waals surface area contributed by atoms with E-state index in [0.29, 0.717) is 5.56 Å². The van der Waals surface area contributed by atoms with Gasteiger partial charge >= 0.3 is 5.97 Å². The summed E-state index contributed by atoms with van der Waals surface area (Å²) in [6.07, 6.45) is 0. The molecule has 0 aliphatic heterocycles. The molecule has 1 rings (SSSR count). The molecule has 5 heteroatoms. The van der Waals surface area contributed by atoms with Gasteiger partial charge in [0, 0.05) is 4.90 Å². The third kappa shape index (κ3) is 2.00. The van der Waals surface area contributed by atoms with E-state index in [1.165, 1.54) is 13.2 Å². The summed E-state index contributed by atoms with van der Waals surface area (Å²) in [5, 5.41) is 0. The summed E-state index contributed by atoms with van der Waals surface area (Å²) in [6, 6.07) is 4.60. The summed E-state index contributed by atoms with van der Waals surface area (Å²) < 4.78 is 26.1. The SMILES string of the molecule is COC(=O)c1c(C)cccc1S(=O)[O-]. The van der Waals surface area contributed by atoms with Gasteiger partial charge in [-0.1, -0.05) is 12.1 Å². The van der Waals surface area contributed by atoms with Gasteiger partial charge in [0.05, 0.1) is 12.7 Å². The fraction of sp³-hybridized carbons (Fsp3) is 0.222. The van der Waals surface area contributed by atoms with E-state index in [0.717, 1.165) is 0 Å². The molecule has 0 aliphatic carbocycles. The summed E-state index contributed by atoms with van der Waals surface area (Å²) in [5.74, 6) is -0.637. The summed E-state index contributed by atoms with van der Waals surface area (Å²) >= 11 is -2.42. The third-order valence-corrected chi connectivity index (χ3v) is 2.50. The van der Waals surface area contributed by atoms with E-state index >= 15 is 0 Å². The second-order valence-electron chi connectivity index (χ2n) is 2.67. The van der Waals surface area contributed by atoms with Gasteiger partial charge in [-0.3, -0.25) is 4.21 Å². The quantitative estimate of drug-likeness (QED) is 0.543. The number of carbonyl (C=O) groups is 1. The lowest BCUT2D eigenvalue weighted by Gasteiger charge is -2.12. The fourth-order valence-electron chi connectivity index (χ4n) is 1.14. The molecule has 1 aromatic carbocycles. The maximum Gasteiger partial charge on any atom is 0.339 e. The van der Waals surface area contributed by atoms with Gasteiger partial charge in [-0.25, -0.2) is 4.79 Å². The zero-order chi connectivity index (χ0) is 10.7. The van der Waals surface area contributed by atoms with Crippen LogP contribution in [0, 0.1) is 6.92 Å². The van der Waals surface area contributed by atoms with E-state index in [2.05, 4.69) is 4.74 Å². The van der Waals surface area contributed by atoms with Crippen LogP contribution in [0.5, 0.6) is 0 Å². The van der Waals surface area contributed by atoms with E-state index in [1.54, 1.807) is 19.1 Å². The Morgan fingerprint density at radius 3 is 2.64 bits per heavy atom. The van der Waals surface area contributed by atoms with Gasteiger partial charge in [0.2, 0.25) is 0 Å². The maximum absolute atomic E-state index is 11.3. The second kappa shape index (κ2) is 4.34. The average Bonchev–Trinajstić information content (AvgIpc) is 2.16. The van der Waals surface area contributed by atoms with Crippen LogP contribution >= 0.6 is 0 Å². The molecule has 0 heterocycles. The largest absolute Gasteiger partial charge is 0.768 e. The number of aryl methyl sites for hydroxylation is 1. The summed E-state index contributed by atoms with van der Waals surface area (Å²) in [4.78, 5) is 11.2. The molecule has 0 saturated heterocycles. The van der Waals surface area contributed by atoms with Crippen LogP contribution in [-0.2, 0) is 15.8 Å². The number of hydrogen-bond donors (Lipinski definition) is 0. The zero-order valence-corrected chi connectivity index (χ0v) is 8.59. The predicted molar refractivity (Wildman–Crippen MR) is 49.7 cm³/mol. The van der Waals surface area contributed by atoms with Crippen molar-refractivity contribution >= 4 is 17.0 Å². The minimum atomic E-state index is -2.42. The highest BCUT2D eigenvalue weighted by molar-refractivity contribution is 7.79. The smallest absolute Gasteiger partial charge is 0.339 e. The van der Waals surface area contributed by atoms with E-state index < -0.39 is 17.0 Å². The van der Waals surface area contributed by atoms with Crippen LogP contribution < -0.4 is 0 Å². The normalized spacial score (nSPS) is 12.2. The van der Waals surface area contributed by atoms with Crippen molar-refractivity contribution in [2.75, 3.05) is 7.11 Å². The van der Waals surface area contributed by atoms with Gasteiger partial charge in [-0.05, 0) is 29.6 Å². The van der Waals surface area contributed by atoms with Crippen LogP contribution in [-0.4, -0.2) is 21.8 Å². The molecule has 14 heavy (non-hydrogen) atoms. The molecule has 0 N–H and O–H groups in total. The molecule has 0 spiro atoms. The minimum absolute atomic E-state index is 0.0307. The topological polar surface area (TPSA) is 66.4 Å². The molecule has 0 amide bonds. The Hall–Kier alpha value is -1.20. The van der Waals surface area contributed by atoms with Gasteiger partial charge in [-0.15, -0.1) is 0 Å². The van der Waals surface area contributed by atoms with E-state index in [9.17, 15) is 13.6 Å². The van der Waals surface area contributed by atoms with Crippen LogP contribution in [0.15, 0.2) is 23.1 Å². The highest BCUT2D eigenvalue weighted by atomic mass is 32.2. The van der Waals surface area contributed by atoms with Crippen LogP contribution in [0.25, 0.3) is 0 Å². The van der Waals surface area contributed by atoms with Gasteiger partial charge in [-0.2, -0.15) is 0 Å². The molecule has 0 aliphatic rings. The number of esters is 1. The van der Waals surface area contributed by atoms with Crippen molar-refractivity contribution < 1.29 is 18.3 Å². The van der Waals surface area contributed by atoms with Crippen LogP contribution in [0.2, 0.25) is 0 Å². The number of carbonyl (C=O) groups excluding carboxylic acids is 1. The molecule has 76 valence electrons. The summed E-state index contributed by atoms with van der Waals surface area (Å²) in [7, 11) is 1.21. The van der Waals surface area contributed by atoms with E-state index in [1.807, 2.05) is 0 Å². The highest BCUT2D eigenvalue weighted by Crippen LogP contribution is 2.17. The minimum Gasteiger partial charge on any atom is -0.768 e. The molecule has 1 aromatic rings. The first-order valence-electron chi connectivity index (χ1n) is 3.85. The van der Waals surface area contributed by atoms with Gasteiger partial charge in [0.25, 0.3) is 0 Å². The Kier molecular flexibility index (Phi) is 3.38. The van der Waals surface area contributed by atoms with Crippen LogP contribution in [0.4, 0.5) is 0 Å². The van der Waals surface area contributed by atoms with Crippen LogP contribution in [0.3, 0.4) is 0 Å². The van der Waals surface area contributed by atoms with Crippen molar-refractivity contribution in [3.8, 4) is 0 Å². The van der Waals surface area contributed by atoms with E-state index in [4.69, 9.17) is 0 Å². The molecule has 1 unspecified atom stereocenters. The molecule has 1 atom stereocenters. The Bertz CT molecular complexity index is 386. The first-order valence-corrected chi connectivity index (χ1v) is 4.92.